The number of aromatic nitrogens is 3. The van der Waals surface area contributed by atoms with E-state index in [1.165, 1.54) is 12.8 Å². The molecule has 1 aliphatic heterocycles. The van der Waals surface area contributed by atoms with Gasteiger partial charge in [-0.25, -0.2) is 9.50 Å². The molecule has 1 aliphatic rings. The summed E-state index contributed by atoms with van der Waals surface area (Å²) in [6.07, 6.45) is 6.32. The summed E-state index contributed by atoms with van der Waals surface area (Å²) in [5.41, 5.74) is 1.11. The lowest BCUT2D eigenvalue weighted by Gasteiger charge is -2.35. The van der Waals surface area contributed by atoms with Crippen molar-refractivity contribution >= 4 is 11.5 Å². The Morgan fingerprint density at radius 2 is 2.19 bits per heavy atom. The zero-order valence-corrected chi connectivity index (χ0v) is 13.2. The fourth-order valence-corrected chi connectivity index (χ4v) is 2.87. The van der Waals surface area contributed by atoms with Crippen LogP contribution in [0.5, 0.6) is 0 Å². The van der Waals surface area contributed by atoms with E-state index >= 15 is 0 Å². The van der Waals surface area contributed by atoms with Crippen LogP contribution in [0.25, 0.3) is 5.65 Å². The lowest BCUT2D eigenvalue weighted by Crippen LogP contribution is -2.44. The Kier molecular flexibility index (Phi) is 3.85. The van der Waals surface area contributed by atoms with E-state index in [-0.39, 0.29) is 5.54 Å². The van der Waals surface area contributed by atoms with E-state index in [1.54, 1.807) is 6.20 Å². The lowest BCUT2D eigenvalue weighted by molar-refractivity contribution is 0.335. The largest absolute Gasteiger partial charge is 0.356 e. The number of fused-ring (bicyclic) bond motifs is 1. The van der Waals surface area contributed by atoms with Gasteiger partial charge in [0.25, 0.3) is 0 Å². The standard InChI is InChI=1S/C16H25N5/c1-16(2,3)17-11-13-5-4-9-20(12-13)14-7-10-21-15(19-14)6-8-18-21/h6-8,10,13,17H,4-5,9,11-12H2,1-3H3. The minimum atomic E-state index is 0.192. The zero-order chi connectivity index (χ0) is 14.9. The fourth-order valence-electron chi connectivity index (χ4n) is 2.87. The van der Waals surface area contributed by atoms with Crippen molar-refractivity contribution in [1.29, 1.82) is 0 Å². The Morgan fingerprint density at radius 3 is 3.00 bits per heavy atom. The van der Waals surface area contributed by atoms with Crippen LogP contribution < -0.4 is 10.2 Å². The van der Waals surface area contributed by atoms with E-state index in [0.717, 1.165) is 31.1 Å². The van der Waals surface area contributed by atoms with E-state index in [1.807, 2.05) is 16.8 Å². The highest BCUT2D eigenvalue weighted by Gasteiger charge is 2.22. The number of hydrogen-bond acceptors (Lipinski definition) is 4. The molecule has 0 bridgehead atoms. The molecule has 0 saturated carbocycles. The van der Waals surface area contributed by atoms with E-state index in [9.17, 15) is 0 Å². The summed E-state index contributed by atoms with van der Waals surface area (Å²) in [6.45, 7) is 9.94. The maximum atomic E-state index is 4.71. The Labute approximate surface area is 126 Å². The Hall–Kier alpha value is -1.62. The van der Waals surface area contributed by atoms with E-state index < -0.39 is 0 Å². The highest BCUT2D eigenvalue weighted by atomic mass is 15.3. The molecule has 0 aromatic carbocycles. The van der Waals surface area contributed by atoms with Crippen molar-refractivity contribution in [2.75, 3.05) is 24.5 Å². The van der Waals surface area contributed by atoms with Crippen LogP contribution >= 0.6 is 0 Å². The summed E-state index contributed by atoms with van der Waals surface area (Å²) < 4.78 is 1.81. The molecule has 2 aromatic rings. The van der Waals surface area contributed by atoms with Gasteiger partial charge in [0.15, 0.2) is 5.65 Å². The molecular formula is C16H25N5. The van der Waals surface area contributed by atoms with E-state index in [0.29, 0.717) is 5.92 Å². The first-order chi connectivity index (χ1) is 10.0. The third-order valence-corrected chi connectivity index (χ3v) is 4.01. The Balaban J connectivity index is 1.67. The second-order valence-corrected chi connectivity index (χ2v) is 7.00. The fraction of sp³-hybridized carbons (Fsp3) is 0.625. The van der Waals surface area contributed by atoms with Gasteiger partial charge in [-0.2, -0.15) is 5.10 Å². The second kappa shape index (κ2) is 5.64. The molecule has 2 aromatic heterocycles. The summed E-state index contributed by atoms with van der Waals surface area (Å²) in [4.78, 5) is 7.12. The molecular weight excluding hydrogens is 262 g/mol. The van der Waals surface area contributed by atoms with Crippen molar-refractivity contribution in [2.45, 2.75) is 39.2 Å². The molecule has 5 nitrogen and oxygen atoms in total. The highest BCUT2D eigenvalue weighted by Crippen LogP contribution is 2.22. The van der Waals surface area contributed by atoms with Crippen LogP contribution in [-0.2, 0) is 0 Å². The number of nitrogens with zero attached hydrogens (tertiary/aromatic N) is 4. The normalized spacial score (nSPS) is 20.1. The van der Waals surface area contributed by atoms with Gasteiger partial charge >= 0.3 is 0 Å². The van der Waals surface area contributed by atoms with Crippen LogP contribution in [0.2, 0.25) is 0 Å². The summed E-state index contributed by atoms with van der Waals surface area (Å²) >= 11 is 0. The van der Waals surface area contributed by atoms with Crippen molar-refractivity contribution in [1.82, 2.24) is 19.9 Å². The lowest BCUT2D eigenvalue weighted by atomic mass is 9.96. The van der Waals surface area contributed by atoms with Crippen molar-refractivity contribution in [3.63, 3.8) is 0 Å². The number of anilines is 1. The molecule has 0 spiro atoms. The molecule has 3 rings (SSSR count). The molecule has 21 heavy (non-hydrogen) atoms. The van der Waals surface area contributed by atoms with Gasteiger partial charge in [0, 0.05) is 37.4 Å². The van der Waals surface area contributed by atoms with E-state index in [2.05, 4.69) is 42.2 Å². The van der Waals surface area contributed by atoms with Crippen molar-refractivity contribution < 1.29 is 0 Å². The average molecular weight is 287 g/mol. The smallest absolute Gasteiger partial charge is 0.157 e. The summed E-state index contributed by atoms with van der Waals surface area (Å²) in [7, 11) is 0. The number of piperidine rings is 1. The third kappa shape index (κ3) is 3.53. The predicted octanol–water partition coefficient (Wildman–Crippen LogP) is 2.33. The first kappa shape index (κ1) is 14.3. The molecule has 3 heterocycles. The van der Waals surface area contributed by atoms with Crippen molar-refractivity contribution in [3.8, 4) is 0 Å². The van der Waals surface area contributed by atoms with Gasteiger partial charge in [0.05, 0.1) is 6.20 Å². The van der Waals surface area contributed by atoms with Crippen LogP contribution in [0.15, 0.2) is 24.5 Å². The molecule has 0 radical (unpaired) electrons. The van der Waals surface area contributed by atoms with Gasteiger partial charge in [-0.05, 0) is 45.6 Å². The van der Waals surface area contributed by atoms with Gasteiger partial charge < -0.3 is 10.2 Å². The van der Waals surface area contributed by atoms with Gasteiger partial charge in [0.1, 0.15) is 5.82 Å². The summed E-state index contributed by atoms with van der Waals surface area (Å²) in [5.74, 6) is 1.77. The average Bonchev–Trinajstić information content (AvgIpc) is 2.92. The predicted molar refractivity (Wildman–Crippen MR) is 85.7 cm³/mol. The Bertz CT molecular complexity index is 598. The number of nitrogens with one attached hydrogen (secondary N) is 1. The minimum Gasteiger partial charge on any atom is -0.356 e. The maximum absolute atomic E-state index is 4.71. The molecule has 1 saturated heterocycles. The van der Waals surface area contributed by atoms with Gasteiger partial charge in [-0.1, -0.05) is 0 Å². The van der Waals surface area contributed by atoms with Crippen LogP contribution in [0.3, 0.4) is 0 Å². The maximum Gasteiger partial charge on any atom is 0.157 e. The van der Waals surface area contributed by atoms with Gasteiger partial charge in [-0.3, -0.25) is 0 Å². The van der Waals surface area contributed by atoms with Crippen LogP contribution in [0.4, 0.5) is 5.82 Å². The molecule has 0 aliphatic carbocycles. The molecule has 1 unspecified atom stereocenters. The monoisotopic (exact) mass is 287 g/mol. The van der Waals surface area contributed by atoms with Crippen LogP contribution in [0.1, 0.15) is 33.6 Å². The SMILES string of the molecule is CC(C)(C)NCC1CCCN(c2ccn3nccc3n2)C1. The quantitative estimate of drug-likeness (QED) is 0.941. The molecule has 1 N–H and O–H groups in total. The first-order valence-corrected chi connectivity index (χ1v) is 7.82. The third-order valence-electron chi connectivity index (χ3n) is 4.01. The van der Waals surface area contributed by atoms with Gasteiger partial charge in [-0.15, -0.1) is 0 Å². The van der Waals surface area contributed by atoms with Crippen molar-refractivity contribution in [3.05, 3.63) is 24.5 Å². The highest BCUT2D eigenvalue weighted by molar-refractivity contribution is 5.47. The zero-order valence-electron chi connectivity index (χ0n) is 13.2. The molecule has 114 valence electrons. The minimum absolute atomic E-state index is 0.192. The van der Waals surface area contributed by atoms with E-state index in [4.69, 9.17) is 4.98 Å². The molecule has 0 amide bonds. The summed E-state index contributed by atoms with van der Waals surface area (Å²) in [5, 5.41) is 7.83. The topological polar surface area (TPSA) is 45.5 Å². The molecule has 1 atom stereocenters. The number of rotatable bonds is 3. The van der Waals surface area contributed by atoms with Crippen LogP contribution in [-0.4, -0.2) is 39.8 Å². The first-order valence-electron chi connectivity index (χ1n) is 7.82. The van der Waals surface area contributed by atoms with Crippen LogP contribution in [0, 0.1) is 5.92 Å². The number of hydrogen-bond donors (Lipinski definition) is 1. The van der Waals surface area contributed by atoms with Crippen molar-refractivity contribution in [2.24, 2.45) is 5.92 Å². The Morgan fingerprint density at radius 1 is 1.33 bits per heavy atom. The second-order valence-electron chi connectivity index (χ2n) is 7.00. The molecule has 5 heteroatoms. The molecule has 1 fully saturated rings. The summed E-state index contributed by atoms with van der Waals surface area (Å²) in [6, 6.07) is 4.02. The van der Waals surface area contributed by atoms with Gasteiger partial charge in [0.2, 0.25) is 0 Å².